The monoisotopic (exact) mass is 503 g/mol. The third kappa shape index (κ3) is 6.13. The van der Waals surface area contributed by atoms with Crippen molar-refractivity contribution in [2.24, 2.45) is 0 Å². The number of amides is 1. The lowest BCUT2D eigenvalue weighted by Crippen LogP contribution is -2.44. The number of benzene rings is 1. The Morgan fingerprint density at radius 2 is 1.97 bits per heavy atom. The predicted molar refractivity (Wildman–Crippen MR) is 127 cm³/mol. The number of H-pyrrole nitrogens is 2. The van der Waals surface area contributed by atoms with Gasteiger partial charge in [-0.3, -0.25) is 24.5 Å². The fraction of sp³-hybridized carbons (Fsp3) is 0.417. The van der Waals surface area contributed by atoms with Crippen LogP contribution in [0.15, 0.2) is 40.1 Å². The quantitative estimate of drug-likeness (QED) is 0.416. The highest BCUT2D eigenvalue weighted by Gasteiger charge is 2.33. The first-order chi connectivity index (χ1) is 17.2. The van der Waals surface area contributed by atoms with Crippen molar-refractivity contribution in [2.75, 3.05) is 19.6 Å². The van der Waals surface area contributed by atoms with Crippen LogP contribution in [0.2, 0.25) is 0 Å². The molecule has 0 spiro atoms. The van der Waals surface area contributed by atoms with E-state index in [9.17, 15) is 28.3 Å². The van der Waals surface area contributed by atoms with Crippen molar-refractivity contribution in [1.29, 1.82) is 0 Å². The Morgan fingerprint density at radius 3 is 2.67 bits per heavy atom. The summed E-state index contributed by atoms with van der Waals surface area (Å²) in [5, 5.41) is 12.1. The van der Waals surface area contributed by atoms with Gasteiger partial charge in [0.05, 0.1) is 35.7 Å². The Bertz CT molecular complexity index is 1350. The summed E-state index contributed by atoms with van der Waals surface area (Å²) >= 11 is 0. The first-order valence-corrected chi connectivity index (χ1v) is 11.6. The summed E-state index contributed by atoms with van der Waals surface area (Å²) in [6.07, 6.45) is 4.08. The molecule has 2 fully saturated rings. The number of nitrogens with one attached hydrogen (secondary N) is 3. The number of carbonyl (C=O) groups excluding carboxylic acids is 1. The van der Waals surface area contributed by atoms with E-state index in [4.69, 9.17) is 4.74 Å². The first-order valence-electron chi connectivity index (χ1n) is 11.6. The van der Waals surface area contributed by atoms with E-state index < -0.39 is 28.9 Å². The third-order valence-corrected chi connectivity index (χ3v) is 6.14. The molecule has 0 radical (unpaired) electrons. The van der Waals surface area contributed by atoms with Gasteiger partial charge in [-0.2, -0.15) is 0 Å². The van der Waals surface area contributed by atoms with E-state index in [1.165, 1.54) is 6.07 Å². The molecule has 10 nitrogen and oxygen atoms in total. The SMILES string of the molecule is CC(NC(=O)CCN1CC2CCC(C1)O2)c1ncc(F)cc1F.O=c1[nH]c(=O)c2c(O)cccc2[nH]1. The van der Waals surface area contributed by atoms with Gasteiger partial charge in [-0.1, -0.05) is 6.07 Å². The largest absolute Gasteiger partial charge is 0.507 e. The number of likely N-dealkylation sites (tertiary alicyclic amines) is 1. The predicted octanol–water partition coefficient (Wildman–Crippen LogP) is 1.71. The third-order valence-electron chi connectivity index (χ3n) is 6.14. The Kier molecular flexibility index (Phi) is 7.75. The lowest BCUT2D eigenvalue weighted by molar-refractivity contribution is -0.122. The molecular formula is C24H27F2N5O5. The Hall–Kier alpha value is -3.64. The Balaban J connectivity index is 0.000000197. The second-order valence-corrected chi connectivity index (χ2v) is 8.88. The van der Waals surface area contributed by atoms with Gasteiger partial charge >= 0.3 is 5.69 Å². The lowest BCUT2D eigenvalue weighted by atomic mass is 10.2. The van der Waals surface area contributed by atoms with Gasteiger partial charge in [0.1, 0.15) is 22.8 Å². The summed E-state index contributed by atoms with van der Waals surface area (Å²) in [4.78, 5) is 44.4. The number of ether oxygens (including phenoxy) is 1. The number of aromatic hydroxyl groups is 1. The molecule has 2 aromatic heterocycles. The summed E-state index contributed by atoms with van der Waals surface area (Å²) < 4.78 is 32.3. The molecule has 36 heavy (non-hydrogen) atoms. The zero-order valence-electron chi connectivity index (χ0n) is 19.6. The Morgan fingerprint density at radius 1 is 1.25 bits per heavy atom. The van der Waals surface area contributed by atoms with Crippen LogP contribution in [0.5, 0.6) is 5.75 Å². The molecule has 3 unspecified atom stereocenters. The highest BCUT2D eigenvalue weighted by Crippen LogP contribution is 2.26. The molecule has 2 bridgehead atoms. The smallest absolute Gasteiger partial charge is 0.326 e. The van der Waals surface area contributed by atoms with Gasteiger partial charge < -0.3 is 20.1 Å². The maximum Gasteiger partial charge on any atom is 0.326 e. The highest BCUT2D eigenvalue weighted by molar-refractivity contribution is 5.83. The van der Waals surface area contributed by atoms with E-state index >= 15 is 0 Å². The molecule has 0 aliphatic carbocycles. The van der Waals surface area contributed by atoms with Crippen LogP contribution in [0.4, 0.5) is 8.78 Å². The van der Waals surface area contributed by atoms with Gasteiger partial charge in [-0.15, -0.1) is 0 Å². The van der Waals surface area contributed by atoms with Crippen LogP contribution in [0, 0.1) is 11.6 Å². The number of nitrogens with zero attached hydrogens (tertiary/aromatic N) is 2. The molecule has 4 heterocycles. The number of pyridine rings is 1. The van der Waals surface area contributed by atoms with Crippen molar-refractivity contribution >= 4 is 16.8 Å². The maximum atomic E-state index is 13.6. The molecule has 0 saturated carbocycles. The zero-order chi connectivity index (χ0) is 25.8. The summed E-state index contributed by atoms with van der Waals surface area (Å²) in [5.41, 5.74) is -0.794. The summed E-state index contributed by atoms with van der Waals surface area (Å²) in [7, 11) is 0. The van der Waals surface area contributed by atoms with Gasteiger partial charge in [0, 0.05) is 32.1 Å². The molecule has 4 N–H and O–H groups in total. The van der Waals surface area contributed by atoms with Crippen molar-refractivity contribution in [1.82, 2.24) is 25.2 Å². The molecule has 3 atom stereocenters. The molecular weight excluding hydrogens is 476 g/mol. The molecule has 1 amide bonds. The number of aromatic amines is 2. The van der Waals surface area contributed by atoms with Crippen molar-refractivity contribution in [2.45, 2.75) is 44.4 Å². The number of morpholine rings is 1. The molecule has 5 rings (SSSR count). The fourth-order valence-electron chi connectivity index (χ4n) is 4.47. The van der Waals surface area contributed by atoms with Crippen molar-refractivity contribution in [3.63, 3.8) is 0 Å². The number of aromatic nitrogens is 3. The van der Waals surface area contributed by atoms with Crippen molar-refractivity contribution < 1.29 is 23.4 Å². The topological polar surface area (TPSA) is 140 Å². The number of carbonyl (C=O) groups is 1. The van der Waals surface area contributed by atoms with Crippen LogP contribution < -0.4 is 16.6 Å². The molecule has 1 aromatic carbocycles. The number of phenols is 1. The van der Waals surface area contributed by atoms with E-state index in [1.54, 1.807) is 19.1 Å². The minimum absolute atomic E-state index is 0.0455. The van der Waals surface area contributed by atoms with Gasteiger partial charge in [-0.25, -0.2) is 13.6 Å². The van der Waals surface area contributed by atoms with E-state index in [-0.39, 0.29) is 22.7 Å². The van der Waals surface area contributed by atoms with Crippen LogP contribution in [0.3, 0.4) is 0 Å². The maximum absolute atomic E-state index is 13.6. The standard InChI is InChI=1S/C16H21F2N3O2.C8H6N2O3/c1-10(16-14(18)6-11(17)7-19-16)20-15(22)4-5-21-8-12-2-3-13(9-21)23-12;11-5-3-1-2-4-6(5)7(12)10-8(13)9-4/h6-7,10,12-13H,2-5,8-9H2,1H3,(H,20,22);1-3,11H,(H2,9,10,12,13). The van der Waals surface area contributed by atoms with Crippen LogP contribution in [-0.4, -0.2) is 62.7 Å². The number of hydrogen-bond donors (Lipinski definition) is 4. The molecule has 12 heteroatoms. The summed E-state index contributed by atoms with van der Waals surface area (Å²) in [6, 6.07) is 4.66. The van der Waals surface area contributed by atoms with Gasteiger partial charge in [0.15, 0.2) is 0 Å². The van der Waals surface area contributed by atoms with E-state index in [1.807, 2.05) is 4.98 Å². The van der Waals surface area contributed by atoms with Crippen LogP contribution >= 0.6 is 0 Å². The molecule has 2 aliphatic rings. The average molecular weight is 504 g/mol. The second-order valence-electron chi connectivity index (χ2n) is 8.88. The van der Waals surface area contributed by atoms with E-state index in [0.29, 0.717) is 30.7 Å². The molecule has 2 aliphatic heterocycles. The number of rotatable bonds is 5. The molecule has 192 valence electrons. The lowest BCUT2D eigenvalue weighted by Gasteiger charge is -2.31. The zero-order valence-corrected chi connectivity index (χ0v) is 19.6. The first kappa shape index (κ1) is 25.5. The van der Waals surface area contributed by atoms with Crippen molar-refractivity contribution in [3.8, 4) is 5.75 Å². The second kappa shape index (κ2) is 11.0. The van der Waals surface area contributed by atoms with Crippen LogP contribution in [-0.2, 0) is 9.53 Å². The van der Waals surface area contributed by atoms with E-state index in [2.05, 4.69) is 20.2 Å². The average Bonchev–Trinajstić information content (AvgIpc) is 3.15. The van der Waals surface area contributed by atoms with Crippen LogP contribution in [0.1, 0.15) is 37.9 Å². The fourth-order valence-corrected chi connectivity index (χ4v) is 4.47. The number of fused-ring (bicyclic) bond motifs is 3. The molecule has 3 aromatic rings. The normalized spacial score (nSPS) is 20.0. The van der Waals surface area contributed by atoms with Gasteiger partial charge in [0.25, 0.3) is 5.56 Å². The molecule has 2 saturated heterocycles. The summed E-state index contributed by atoms with van der Waals surface area (Å²) in [5.74, 6) is -1.79. The number of halogens is 2. The number of hydrogen-bond acceptors (Lipinski definition) is 7. The van der Waals surface area contributed by atoms with Gasteiger partial charge in [-0.05, 0) is 31.9 Å². The highest BCUT2D eigenvalue weighted by atomic mass is 19.1. The minimum atomic E-state index is -0.748. The van der Waals surface area contributed by atoms with E-state index in [0.717, 1.165) is 38.2 Å². The van der Waals surface area contributed by atoms with Crippen molar-refractivity contribution in [3.05, 3.63) is 68.6 Å². The van der Waals surface area contributed by atoms with Crippen LogP contribution in [0.25, 0.3) is 10.9 Å². The Labute approximate surface area is 204 Å². The summed E-state index contributed by atoms with van der Waals surface area (Å²) in [6.45, 7) is 4.03. The number of phenolic OH excluding ortho intramolecular Hbond substituents is 1. The van der Waals surface area contributed by atoms with Gasteiger partial charge in [0.2, 0.25) is 5.91 Å². The minimum Gasteiger partial charge on any atom is -0.507 e.